The largest absolute Gasteiger partial charge is 0.858 e. The zero-order chi connectivity index (χ0) is 15.7. The molecule has 124 valence electrons. The summed E-state index contributed by atoms with van der Waals surface area (Å²) in [6.45, 7) is 2.58. The van der Waals surface area contributed by atoms with E-state index in [1.165, 1.54) is 7.11 Å². The number of aromatic nitrogens is 3. The molecule has 0 atom stereocenters. The first-order valence-corrected chi connectivity index (χ1v) is 6.77. The number of nitrogens with zero attached hydrogens (tertiary/aromatic N) is 5. The lowest BCUT2D eigenvalue weighted by Gasteiger charge is -2.34. The first-order chi connectivity index (χ1) is 10.5. The second-order valence-electron chi connectivity index (χ2n) is 5.21. The summed E-state index contributed by atoms with van der Waals surface area (Å²) in [5.74, 6) is -0.674. The molecule has 23 heavy (non-hydrogen) atoms. The van der Waals surface area contributed by atoms with Gasteiger partial charge < -0.3 is 14.6 Å². The molecule has 3 heterocycles. The van der Waals surface area contributed by atoms with E-state index in [1.54, 1.807) is 0 Å². The average molecular weight is 342 g/mol. The molecule has 2 aliphatic rings. The Morgan fingerprint density at radius 2 is 1.96 bits per heavy atom. The zero-order valence-corrected chi connectivity index (χ0v) is 13.5. The molecule has 2 aliphatic heterocycles. The lowest BCUT2D eigenvalue weighted by Crippen LogP contribution is -2.54. The molecular formula is C13H16ClN5O4. The number of methoxy groups -OCH3 is 1. The van der Waals surface area contributed by atoms with Gasteiger partial charge in [-0.15, -0.1) is 17.4 Å². The number of carbonyl (C=O) groups excluding carboxylic acids is 1. The van der Waals surface area contributed by atoms with Crippen molar-refractivity contribution in [1.82, 2.24) is 19.4 Å². The van der Waals surface area contributed by atoms with Crippen LogP contribution in [0.3, 0.4) is 0 Å². The molecule has 9 nitrogen and oxygen atoms in total. The standard InChI is InChI=1S/C13H15N5O4.ClH/c1-18(3-5-22-6-4-18)12-15-10(16-13(17-12)21-2)8-7-9(19)14-11(8)20;/h7H,3-6H2,1-2H3;1H. The number of hydrogen-bond acceptors (Lipinski definition) is 7. The van der Waals surface area contributed by atoms with E-state index in [1.807, 2.05) is 7.05 Å². The van der Waals surface area contributed by atoms with E-state index in [4.69, 9.17) is 9.47 Å². The molecule has 1 aromatic heterocycles. The SMILES string of the molecule is COc1nc(C2=CC(=O)N=C2[O-])nc([N+]2(C)CCOCC2)n1.Cl. The molecule has 0 aliphatic carbocycles. The van der Waals surface area contributed by atoms with Crippen LogP contribution in [-0.2, 0) is 9.53 Å². The van der Waals surface area contributed by atoms with Gasteiger partial charge in [-0.3, -0.25) is 9.28 Å². The quantitative estimate of drug-likeness (QED) is 0.645. The normalized spacial score (nSPS) is 19.7. The predicted octanol–water partition coefficient (Wildman–Crippen LogP) is -1.05. The number of carbonyl (C=O) groups is 1. The molecule has 0 saturated carbocycles. The van der Waals surface area contributed by atoms with E-state index >= 15 is 0 Å². The maximum absolute atomic E-state index is 11.7. The summed E-state index contributed by atoms with van der Waals surface area (Å²) in [5, 5.41) is 11.7. The molecule has 3 rings (SSSR count). The van der Waals surface area contributed by atoms with E-state index in [9.17, 15) is 9.90 Å². The van der Waals surface area contributed by atoms with Gasteiger partial charge in [-0.05, 0) is 0 Å². The monoisotopic (exact) mass is 341 g/mol. The highest BCUT2D eigenvalue weighted by Gasteiger charge is 2.33. The summed E-state index contributed by atoms with van der Waals surface area (Å²) in [7, 11) is 3.41. The number of aliphatic imine (C=N–C) groups is 1. The molecule has 1 saturated heterocycles. The maximum atomic E-state index is 11.7. The summed E-state index contributed by atoms with van der Waals surface area (Å²) in [6.07, 6.45) is 1.13. The lowest BCUT2D eigenvalue weighted by atomic mass is 10.2. The summed E-state index contributed by atoms with van der Waals surface area (Å²) < 4.78 is 10.9. The Kier molecular flexibility index (Phi) is 4.93. The van der Waals surface area contributed by atoms with Crippen LogP contribution in [0.2, 0.25) is 0 Å². The second kappa shape index (κ2) is 6.57. The molecule has 0 bridgehead atoms. The third-order valence-electron chi connectivity index (χ3n) is 3.68. The van der Waals surface area contributed by atoms with Gasteiger partial charge in [0.1, 0.15) is 13.1 Å². The molecule has 1 fully saturated rings. The Bertz CT molecular complexity index is 685. The first kappa shape index (κ1) is 17.3. The Morgan fingerprint density at radius 1 is 1.26 bits per heavy atom. The molecule has 1 aromatic rings. The zero-order valence-electron chi connectivity index (χ0n) is 12.7. The van der Waals surface area contributed by atoms with Crippen molar-refractivity contribution in [2.24, 2.45) is 4.99 Å². The Balaban J connectivity index is 0.00000192. The number of rotatable bonds is 3. The number of morpholine rings is 1. The van der Waals surface area contributed by atoms with Gasteiger partial charge >= 0.3 is 12.0 Å². The van der Waals surface area contributed by atoms with Crippen LogP contribution in [0.4, 0.5) is 5.95 Å². The smallest absolute Gasteiger partial charge is 0.335 e. The maximum Gasteiger partial charge on any atom is 0.335 e. The molecular weight excluding hydrogens is 326 g/mol. The molecule has 0 N–H and O–H groups in total. The van der Waals surface area contributed by atoms with Gasteiger partial charge in [0, 0.05) is 17.5 Å². The van der Waals surface area contributed by atoms with Gasteiger partial charge in [0.25, 0.3) is 5.91 Å². The minimum atomic E-state index is -0.645. The van der Waals surface area contributed by atoms with Crippen LogP contribution in [0.1, 0.15) is 5.82 Å². The third-order valence-corrected chi connectivity index (χ3v) is 3.68. The van der Waals surface area contributed by atoms with E-state index < -0.39 is 11.8 Å². The lowest BCUT2D eigenvalue weighted by molar-refractivity contribution is -0.210. The van der Waals surface area contributed by atoms with Crippen LogP contribution in [0.5, 0.6) is 6.01 Å². The Hall–Kier alpha value is -2.10. The van der Waals surface area contributed by atoms with Crippen molar-refractivity contribution in [1.29, 1.82) is 0 Å². The van der Waals surface area contributed by atoms with E-state index in [2.05, 4.69) is 19.9 Å². The van der Waals surface area contributed by atoms with Crippen molar-refractivity contribution in [2.75, 3.05) is 40.5 Å². The number of likely N-dealkylation sites (N-methyl/N-ethyl adjacent to an activating group) is 1. The van der Waals surface area contributed by atoms with Crippen molar-refractivity contribution in [2.45, 2.75) is 0 Å². The van der Waals surface area contributed by atoms with Crippen molar-refractivity contribution < 1.29 is 19.4 Å². The van der Waals surface area contributed by atoms with Gasteiger partial charge in [0.05, 0.1) is 27.4 Å². The minimum absolute atomic E-state index is 0. The van der Waals surface area contributed by atoms with E-state index in [-0.39, 0.29) is 29.8 Å². The molecule has 0 radical (unpaired) electrons. The highest BCUT2D eigenvalue weighted by molar-refractivity contribution is 6.28. The van der Waals surface area contributed by atoms with E-state index in [0.717, 1.165) is 6.08 Å². The van der Waals surface area contributed by atoms with Crippen LogP contribution >= 0.6 is 12.4 Å². The van der Waals surface area contributed by atoms with Crippen molar-refractivity contribution in [3.8, 4) is 6.01 Å². The molecule has 1 amide bonds. The van der Waals surface area contributed by atoms with Crippen molar-refractivity contribution in [3.63, 3.8) is 0 Å². The second-order valence-corrected chi connectivity index (χ2v) is 5.21. The summed E-state index contributed by atoms with van der Waals surface area (Å²) in [4.78, 5) is 27.3. The van der Waals surface area contributed by atoms with Crippen LogP contribution in [-0.4, -0.2) is 67.2 Å². The summed E-state index contributed by atoms with van der Waals surface area (Å²) in [6, 6.07) is 0.0962. The minimum Gasteiger partial charge on any atom is -0.858 e. The van der Waals surface area contributed by atoms with Gasteiger partial charge in [0.2, 0.25) is 0 Å². The van der Waals surface area contributed by atoms with Gasteiger partial charge in [0.15, 0.2) is 5.82 Å². The number of hydrogen-bond donors (Lipinski definition) is 0. The number of amides is 1. The number of quaternary nitrogens is 1. The predicted molar refractivity (Wildman–Crippen MR) is 82.3 cm³/mol. The molecule has 10 heteroatoms. The topological polar surface area (TPSA) is 110 Å². The van der Waals surface area contributed by atoms with Crippen LogP contribution in [0, 0.1) is 0 Å². The fraction of sp³-hybridized carbons (Fsp3) is 0.462. The van der Waals surface area contributed by atoms with Crippen molar-refractivity contribution in [3.05, 3.63) is 11.9 Å². The van der Waals surface area contributed by atoms with Crippen molar-refractivity contribution >= 4 is 35.7 Å². The number of halogens is 1. The highest BCUT2D eigenvalue weighted by Crippen LogP contribution is 2.24. The molecule has 0 aromatic carbocycles. The average Bonchev–Trinajstić information content (AvgIpc) is 2.86. The fourth-order valence-electron chi connectivity index (χ4n) is 2.28. The van der Waals surface area contributed by atoms with Gasteiger partial charge in [-0.25, -0.2) is 4.99 Å². The fourth-order valence-corrected chi connectivity index (χ4v) is 2.28. The van der Waals surface area contributed by atoms with Crippen LogP contribution in [0.25, 0.3) is 5.57 Å². The summed E-state index contributed by atoms with van der Waals surface area (Å²) in [5.41, 5.74) is 0.0619. The van der Waals surface area contributed by atoms with Crippen LogP contribution < -0.4 is 14.3 Å². The number of ether oxygens (including phenoxy) is 2. The van der Waals surface area contributed by atoms with E-state index in [0.29, 0.717) is 36.7 Å². The van der Waals surface area contributed by atoms with Gasteiger partial charge in [-0.2, -0.15) is 9.97 Å². The Labute approximate surface area is 138 Å². The third kappa shape index (κ3) is 3.31. The highest BCUT2D eigenvalue weighted by atomic mass is 35.5. The molecule has 0 unspecified atom stereocenters. The van der Waals surface area contributed by atoms with Crippen LogP contribution in [0.15, 0.2) is 11.1 Å². The first-order valence-electron chi connectivity index (χ1n) is 6.77. The molecule has 0 spiro atoms. The summed E-state index contributed by atoms with van der Waals surface area (Å²) >= 11 is 0. The Morgan fingerprint density at radius 3 is 2.52 bits per heavy atom. The van der Waals surface area contributed by atoms with Gasteiger partial charge in [-0.1, -0.05) is 0 Å².